The Morgan fingerprint density at radius 3 is 2.40 bits per heavy atom. The van der Waals surface area contributed by atoms with Crippen molar-refractivity contribution < 1.29 is 23.1 Å². The highest BCUT2D eigenvalue weighted by Gasteiger charge is 2.25. The number of amides is 1. The normalized spacial score (nSPS) is 11.1. The monoisotopic (exact) mass is 381 g/mol. The van der Waals surface area contributed by atoms with Gasteiger partial charge in [0.25, 0.3) is 0 Å². The van der Waals surface area contributed by atoms with Crippen molar-refractivity contribution in [3.8, 4) is 0 Å². The van der Waals surface area contributed by atoms with Gasteiger partial charge in [0, 0.05) is 11.6 Å². The van der Waals surface area contributed by atoms with Gasteiger partial charge < -0.3 is 10.4 Å². The number of halogens is 1. The zero-order valence-electron chi connectivity index (χ0n) is 13.3. The second-order valence-corrected chi connectivity index (χ2v) is 7.80. The first kappa shape index (κ1) is 19.0. The van der Waals surface area contributed by atoms with Gasteiger partial charge in [-0.1, -0.05) is 41.9 Å². The standard InChI is InChI=1S/C17H16ClNO5S/c1-11-14(17(21)22)7-13(18)8-15(11)25(23,24)10-16(20)19-9-12-5-3-2-4-6-12/h2-8H,9-10H2,1H3,(H,19,20)(H,21,22). The van der Waals surface area contributed by atoms with Crippen LogP contribution < -0.4 is 5.32 Å². The van der Waals surface area contributed by atoms with Gasteiger partial charge in [-0.25, -0.2) is 13.2 Å². The highest BCUT2D eigenvalue weighted by Crippen LogP contribution is 2.25. The van der Waals surface area contributed by atoms with E-state index in [1.807, 2.05) is 6.07 Å². The van der Waals surface area contributed by atoms with Crippen molar-refractivity contribution in [2.45, 2.75) is 18.4 Å². The van der Waals surface area contributed by atoms with Crippen LogP contribution in [0.4, 0.5) is 0 Å². The number of carbonyl (C=O) groups excluding carboxylic acids is 1. The van der Waals surface area contributed by atoms with E-state index in [4.69, 9.17) is 16.7 Å². The van der Waals surface area contributed by atoms with Crippen LogP contribution in [-0.2, 0) is 21.2 Å². The molecule has 2 aromatic rings. The molecule has 0 aromatic heterocycles. The zero-order chi connectivity index (χ0) is 18.6. The quantitative estimate of drug-likeness (QED) is 0.800. The Kier molecular flexibility index (Phi) is 5.81. The second-order valence-electron chi connectivity index (χ2n) is 5.40. The highest BCUT2D eigenvalue weighted by atomic mass is 35.5. The molecular formula is C17H16ClNO5S. The summed E-state index contributed by atoms with van der Waals surface area (Å²) in [5.74, 6) is -2.76. The number of benzene rings is 2. The lowest BCUT2D eigenvalue weighted by molar-refractivity contribution is -0.118. The number of rotatable bonds is 6. The molecule has 0 aliphatic carbocycles. The summed E-state index contributed by atoms with van der Waals surface area (Å²) in [6, 6.07) is 11.4. The fourth-order valence-corrected chi connectivity index (χ4v) is 4.07. The average Bonchev–Trinajstić information content (AvgIpc) is 2.55. The number of hydrogen-bond donors (Lipinski definition) is 2. The van der Waals surface area contributed by atoms with Gasteiger partial charge in [0.1, 0.15) is 5.75 Å². The average molecular weight is 382 g/mol. The molecule has 0 saturated heterocycles. The summed E-state index contributed by atoms with van der Waals surface area (Å²) in [7, 11) is -4.03. The summed E-state index contributed by atoms with van der Waals surface area (Å²) < 4.78 is 25.0. The summed E-state index contributed by atoms with van der Waals surface area (Å²) in [6.45, 7) is 1.57. The van der Waals surface area contributed by atoms with Gasteiger partial charge in [-0.3, -0.25) is 4.79 Å². The van der Waals surface area contributed by atoms with Gasteiger partial charge in [0.15, 0.2) is 9.84 Å². The van der Waals surface area contributed by atoms with Crippen LogP contribution >= 0.6 is 11.6 Å². The van der Waals surface area contributed by atoms with Gasteiger partial charge >= 0.3 is 5.97 Å². The van der Waals surface area contributed by atoms with Gasteiger partial charge in [0.2, 0.25) is 5.91 Å². The summed E-state index contributed by atoms with van der Waals surface area (Å²) in [5.41, 5.74) is 0.670. The first-order valence-electron chi connectivity index (χ1n) is 7.27. The number of carbonyl (C=O) groups is 2. The third-order valence-corrected chi connectivity index (χ3v) is 5.50. The molecule has 6 nitrogen and oxygen atoms in total. The van der Waals surface area contributed by atoms with E-state index in [0.29, 0.717) is 0 Å². The lowest BCUT2D eigenvalue weighted by Gasteiger charge is -2.11. The van der Waals surface area contributed by atoms with Gasteiger partial charge in [-0.2, -0.15) is 0 Å². The SMILES string of the molecule is Cc1c(C(=O)O)cc(Cl)cc1S(=O)(=O)CC(=O)NCc1ccccc1. The van der Waals surface area contributed by atoms with Crippen molar-refractivity contribution in [2.24, 2.45) is 0 Å². The van der Waals surface area contributed by atoms with Crippen molar-refractivity contribution in [3.63, 3.8) is 0 Å². The molecule has 0 fully saturated rings. The van der Waals surface area contributed by atoms with Crippen LogP contribution in [-0.4, -0.2) is 31.2 Å². The Morgan fingerprint density at radius 2 is 1.80 bits per heavy atom. The molecule has 25 heavy (non-hydrogen) atoms. The van der Waals surface area contributed by atoms with E-state index < -0.39 is 27.5 Å². The van der Waals surface area contributed by atoms with E-state index in [1.165, 1.54) is 13.0 Å². The number of carboxylic acids is 1. The van der Waals surface area contributed by atoms with E-state index in [1.54, 1.807) is 24.3 Å². The molecule has 2 rings (SSSR count). The van der Waals surface area contributed by atoms with Gasteiger partial charge in [-0.05, 0) is 30.2 Å². The molecule has 0 radical (unpaired) electrons. The maximum Gasteiger partial charge on any atom is 0.336 e. The zero-order valence-corrected chi connectivity index (χ0v) is 14.9. The van der Waals surface area contributed by atoms with Crippen LogP contribution in [0.15, 0.2) is 47.4 Å². The van der Waals surface area contributed by atoms with Crippen molar-refractivity contribution in [1.82, 2.24) is 5.32 Å². The van der Waals surface area contributed by atoms with Crippen LogP contribution in [0.25, 0.3) is 0 Å². The predicted octanol–water partition coefficient (Wildman–Crippen LogP) is 2.44. The molecule has 0 saturated carbocycles. The molecule has 0 aliphatic rings. The number of sulfone groups is 1. The van der Waals surface area contributed by atoms with E-state index in [2.05, 4.69) is 5.32 Å². The van der Waals surface area contributed by atoms with Crippen LogP contribution in [0.3, 0.4) is 0 Å². The molecule has 0 unspecified atom stereocenters. The number of aromatic carboxylic acids is 1. The largest absolute Gasteiger partial charge is 0.478 e. The Morgan fingerprint density at radius 1 is 1.16 bits per heavy atom. The Balaban J connectivity index is 2.19. The molecule has 0 spiro atoms. The van der Waals surface area contributed by atoms with Crippen LogP contribution in [0.1, 0.15) is 21.5 Å². The second kappa shape index (κ2) is 7.67. The van der Waals surface area contributed by atoms with Gasteiger partial charge in [0.05, 0.1) is 10.5 Å². The Bertz CT molecular complexity index is 910. The summed E-state index contributed by atoms with van der Waals surface area (Å²) >= 11 is 5.82. The Hall–Kier alpha value is -2.38. The molecule has 2 N–H and O–H groups in total. The molecule has 0 atom stereocenters. The van der Waals surface area contributed by atoms with E-state index in [0.717, 1.165) is 11.6 Å². The smallest absolute Gasteiger partial charge is 0.336 e. The lowest BCUT2D eigenvalue weighted by Crippen LogP contribution is -2.30. The fraction of sp³-hybridized carbons (Fsp3) is 0.176. The van der Waals surface area contributed by atoms with Crippen molar-refractivity contribution in [2.75, 3.05) is 5.75 Å². The number of carboxylic acid groups (broad SMARTS) is 1. The van der Waals surface area contributed by atoms with Crippen molar-refractivity contribution in [3.05, 3.63) is 64.2 Å². The molecule has 1 amide bonds. The minimum atomic E-state index is -4.03. The first-order chi connectivity index (χ1) is 11.7. The maximum absolute atomic E-state index is 12.5. The minimum absolute atomic E-state index is 0.0220. The molecule has 0 bridgehead atoms. The fourth-order valence-electron chi connectivity index (χ4n) is 2.30. The summed E-state index contributed by atoms with van der Waals surface area (Å²) in [4.78, 5) is 22.9. The third-order valence-electron chi connectivity index (χ3n) is 3.54. The summed E-state index contributed by atoms with van der Waals surface area (Å²) in [6.07, 6.45) is 0. The van der Waals surface area contributed by atoms with E-state index >= 15 is 0 Å². The molecule has 0 aliphatic heterocycles. The molecule has 2 aromatic carbocycles. The molecule has 132 valence electrons. The highest BCUT2D eigenvalue weighted by molar-refractivity contribution is 7.92. The maximum atomic E-state index is 12.5. The van der Waals surface area contributed by atoms with Crippen LogP contribution in [0, 0.1) is 6.92 Å². The number of nitrogens with one attached hydrogen (secondary N) is 1. The minimum Gasteiger partial charge on any atom is -0.478 e. The molecule has 8 heteroatoms. The first-order valence-corrected chi connectivity index (χ1v) is 9.30. The Labute approximate surface area is 150 Å². The van der Waals surface area contributed by atoms with Gasteiger partial charge in [-0.15, -0.1) is 0 Å². The predicted molar refractivity (Wildman–Crippen MR) is 93.5 cm³/mol. The third kappa shape index (κ3) is 4.80. The van der Waals surface area contributed by atoms with E-state index in [-0.39, 0.29) is 27.6 Å². The van der Waals surface area contributed by atoms with Crippen LogP contribution in [0.2, 0.25) is 5.02 Å². The topological polar surface area (TPSA) is 101 Å². The van der Waals surface area contributed by atoms with Crippen molar-refractivity contribution >= 4 is 33.3 Å². The summed E-state index contributed by atoms with van der Waals surface area (Å²) in [5, 5.41) is 11.6. The lowest BCUT2D eigenvalue weighted by atomic mass is 10.1. The van der Waals surface area contributed by atoms with E-state index in [9.17, 15) is 18.0 Å². The molecule has 0 heterocycles. The van der Waals surface area contributed by atoms with Crippen molar-refractivity contribution in [1.29, 1.82) is 0 Å². The van der Waals surface area contributed by atoms with Crippen LogP contribution in [0.5, 0.6) is 0 Å². The molecular weight excluding hydrogens is 366 g/mol. The number of hydrogen-bond acceptors (Lipinski definition) is 4.